The van der Waals surface area contributed by atoms with E-state index in [-0.39, 0.29) is 17.6 Å². The molecule has 1 amide bonds. The van der Waals surface area contributed by atoms with Crippen molar-refractivity contribution >= 4 is 27.7 Å². The second-order valence-corrected chi connectivity index (χ2v) is 11.9. The van der Waals surface area contributed by atoms with Gasteiger partial charge in [0.2, 0.25) is 5.91 Å². The normalized spacial score (nSPS) is 17.5. The molecule has 0 unspecified atom stereocenters. The van der Waals surface area contributed by atoms with Gasteiger partial charge in [-0.1, -0.05) is 54.6 Å². The summed E-state index contributed by atoms with van der Waals surface area (Å²) in [5, 5.41) is 6.07. The summed E-state index contributed by atoms with van der Waals surface area (Å²) in [4.78, 5) is 33.2. The Morgan fingerprint density at radius 3 is 2.46 bits per heavy atom. The largest absolute Gasteiger partial charge is 0.342 e. The molecule has 3 heterocycles. The lowest BCUT2D eigenvalue weighted by atomic mass is 9.95. The Labute approximate surface area is 242 Å². The van der Waals surface area contributed by atoms with Crippen LogP contribution in [-0.4, -0.2) is 71.1 Å². The summed E-state index contributed by atoms with van der Waals surface area (Å²) in [7, 11) is 0. The summed E-state index contributed by atoms with van der Waals surface area (Å²) in [6, 6.07) is 22.9. The van der Waals surface area contributed by atoms with Crippen LogP contribution in [0, 0.1) is 5.92 Å². The second kappa shape index (κ2) is 13.0. The van der Waals surface area contributed by atoms with Crippen LogP contribution in [0.25, 0.3) is 21.8 Å². The third kappa shape index (κ3) is 6.57. The molecular weight excluding hydrogens is 510 g/mol. The minimum absolute atomic E-state index is 0.0221. The Kier molecular flexibility index (Phi) is 8.82. The van der Waals surface area contributed by atoms with Crippen LogP contribution in [0.5, 0.6) is 0 Å². The number of benzene rings is 3. The van der Waals surface area contributed by atoms with Crippen molar-refractivity contribution in [3.8, 4) is 0 Å². The molecule has 1 aromatic heterocycles. The average molecular weight is 554 g/mol. The van der Waals surface area contributed by atoms with Gasteiger partial charge in [0.15, 0.2) is 0 Å². The molecule has 0 spiro atoms. The minimum Gasteiger partial charge on any atom is -0.342 e. The summed E-state index contributed by atoms with van der Waals surface area (Å²) in [5.41, 5.74) is 3.11. The topological polar surface area (TPSA) is 73.4 Å². The van der Waals surface area contributed by atoms with Gasteiger partial charge in [-0.05, 0) is 92.5 Å². The molecule has 0 radical (unpaired) electrons. The maximum Gasteiger partial charge on any atom is 0.326 e. The monoisotopic (exact) mass is 553 g/mol. The lowest BCUT2D eigenvalue weighted by molar-refractivity contribution is -0.131. The number of H-pyrrole nitrogens is 1. The number of unbranched alkanes of at least 4 members (excludes halogenated alkanes) is 1. The predicted molar refractivity (Wildman–Crippen MR) is 166 cm³/mol. The maximum absolute atomic E-state index is 13.0. The molecule has 0 aliphatic carbocycles. The van der Waals surface area contributed by atoms with E-state index in [4.69, 9.17) is 0 Å². The third-order valence-electron chi connectivity index (χ3n) is 9.25. The van der Waals surface area contributed by atoms with E-state index in [1.54, 1.807) is 0 Å². The number of nitrogens with one attached hydrogen (secondary N) is 2. The predicted octanol–water partition coefficient (Wildman–Crippen LogP) is 4.97. The summed E-state index contributed by atoms with van der Waals surface area (Å²) in [6.07, 6.45) is 7.11. The van der Waals surface area contributed by atoms with Crippen LogP contribution in [0.15, 0.2) is 71.5 Å². The fourth-order valence-electron chi connectivity index (χ4n) is 6.84. The van der Waals surface area contributed by atoms with Crippen LogP contribution in [-0.2, 0) is 11.2 Å². The molecule has 216 valence electrons. The zero-order chi connectivity index (χ0) is 28.0. The van der Waals surface area contributed by atoms with Crippen LogP contribution >= 0.6 is 0 Å². The Hall–Kier alpha value is -3.42. The smallest absolute Gasteiger partial charge is 0.326 e. The first-order chi connectivity index (χ1) is 20.2. The first kappa shape index (κ1) is 27.7. The number of hydrogen-bond acceptors (Lipinski definition) is 4. The molecule has 7 nitrogen and oxygen atoms in total. The first-order valence-corrected chi connectivity index (χ1v) is 15.5. The van der Waals surface area contributed by atoms with Gasteiger partial charge in [0.1, 0.15) is 0 Å². The minimum atomic E-state index is 0.0221. The van der Waals surface area contributed by atoms with Gasteiger partial charge in [0, 0.05) is 32.2 Å². The molecule has 3 aromatic carbocycles. The Bertz CT molecular complexity index is 1500. The van der Waals surface area contributed by atoms with Gasteiger partial charge in [0.25, 0.3) is 0 Å². The van der Waals surface area contributed by atoms with Gasteiger partial charge in [-0.25, -0.2) is 4.79 Å². The number of fused-ring (bicyclic) bond motifs is 2. The van der Waals surface area contributed by atoms with Crippen molar-refractivity contribution in [3.63, 3.8) is 0 Å². The van der Waals surface area contributed by atoms with Crippen molar-refractivity contribution < 1.29 is 4.79 Å². The van der Waals surface area contributed by atoms with Crippen molar-refractivity contribution in [1.82, 2.24) is 24.7 Å². The number of hydrogen-bond donors (Lipinski definition) is 2. The van der Waals surface area contributed by atoms with Crippen molar-refractivity contribution in [2.75, 3.05) is 45.8 Å². The van der Waals surface area contributed by atoms with E-state index in [9.17, 15) is 9.59 Å². The SMILES string of the molecule is O=C(Cc1cccc2ccccc12)N1CCC(CNCCCCN2CCC(n3c(=O)[nH]c4ccccc43)CC2)CC1. The molecule has 2 N–H and O–H groups in total. The van der Waals surface area contributed by atoms with E-state index in [0.29, 0.717) is 12.3 Å². The van der Waals surface area contributed by atoms with Crippen LogP contribution in [0.1, 0.15) is 50.1 Å². The van der Waals surface area contributed by atoms with Gasteiger partial charge in [-0.15, -0.1) is 0 Å². The Balaban J connectivity index is 0.845. The van der Waals surface area contributed by atoms with E-state index >= 15 is 0 Å². The quantitative estimate of drug-likeness (QED) is 0.272. The number of aromatic nitrogens is 2. The molecule has 0 atom stereocenters. The van der Waals surface area contributed by atoms with Crippen LogP contribution in [0.4, 0.5) is 0 Å². The highest BCUT2D eigenvalue weighted by molar-refractivity contribution is 5.90. The number of likely N-dealkylation sites (tertiary alicyclic amines) is 2. The second-order valence-electron chi connectivity index (χ2n) is 11.9. The van der Waals surface area contributed by atoms with Crippen molar-refractivity contribution in [3.05, 3.63) is 82.8 Å². The van der Waals surface area contributed by atoms with E-state index < -0.39 is 0 Å². The van der Waals surface area contributed by atoms with Crippen LogP contribution in [0.3, 0.4) is 0 Å². The average Bonchev–Trinajstić information content (AvgIpc) is 3.35. The number of carbonyl (C=O) groups is 1. The summed E-state index contributed by atoms with van der Waals surface area (Å²) in [6.45, 7) is 7.10. The van der Waals surface area contributed by atoms with Gasteiger partial charge in [-0.3, -0.25) is 9.36 Å². The lowest BCUT2D eigenvalue weighted by Crippen LogP contribution is -2.41. The highest BCUT2D eigenvalue weighted by atomic mass is 16.2. The zero-order valence-corrected chi connectivity index (χ0v) is 24.1. The molecule has 0 bridgehead atoms. The third-order valence-corrected chi connectivity index (χ3v) is 9.25. The zero-order valence-electron chi connectivity index (χ0n) is 24.1. The highest BCUT2D eigenvalue weighted by Crippen LogP contribution is 2.25. The number of amides is 1. The van der Waals surface area contributed by atoms with Crippen LogP contribution < -0.4 is 11.0 Å². The first-order valence-electron chi connectivity index (χ1n) is 15.5. The van der Waals surface area contributed by atoms with Crippen LogP contribution in [0.2, 0.25) is 0 Å². The number of aromatic amines is 1. The van der Waals surface area contributed by atoms with E-state index in [0.717, 1.165) is 88.1 Å². The number of piperidine rings is 2. The summed E-state index contributed by atoms with van der Waals surface area (Å²) in [5.74, 6) is 0.911. The van der Waals surface area contributed by atoms with Gasteiger partial charge in [-0.2, -0.15) is 0 Å². The summed E-state index contributed by atoms with van der Waals surface area (Å²) < 4.78 is 1.97. The molecule has 7 heteroatoms. The Morgan fingerprint density at radius 2 is 1.61 bits per heavy atom. The Morgan fingerprint density at radius 1 is 0.854 bits per heavy atom. The standard InChI is InChI=1S/C34H43N5O2/c40-33(24-28-10-7-9-27-8-1-2-11-30(27)28)38-22-14-26(15-23-38)25-35-18-5-6-19-37-20-16-29(17-21-37)39-32-13-4-3-12-31(32)36-34(39)41/h1-4,7-13,26,29,35H,5-6,14-25H2,(H,36,41). The fourth-order valence-corrected chi connectivity index (χ4v) is 6.84. The molecule has 2 fully saturated rings. The molecule has 6 rings (SSSR count). The molecule has 2 aliphatic heterocycles. The molecule has 41 heavy (non-hydrogen) atoms. The van der Waals surface area contributed by atoms with Gasteiger partial charge < -0.3 is 20.1 Å². The summed E-state index contributed by atoms with van der Waals surface area (Å²) >= 11 is 0. The number of rotatable bonds is 10. The van der Waals surface area contributed by atoms with Gasteiger partial charge in [0.05, 0.1) is 17.5 Å². The van der Waals surface area contributed by atoms with Crippen molar-refractivity contribution in [1.29, 1.82) is 0 Å². The maximum atomic E-state index is 13.0. The molecule has 0 saturated carbocycles. The molecular formula is C34H43N5O2. The van der Waals surface area contributed by atoms with Crippen molar-refractivity contribution in [2.24, 2.45) is 5.92 Å². The fraction of sp³-hybridized carbons (Fsp3) is 0.471. The number of nitrogens with zero attached hydrogens (tertiary/aromatic N) is 3. The van der Waals surface area contributed by atoms with E-state index in [2.05, 4.69) is 56.5 Å². The molecule has 2 saturated heterocycles. The number of carbonyl (C=O) groups excluding carboxylic acids is 1. The highest BCUT2D eigenvalue weighted by Gasteiger charge is 2.24. The number of imidazole rings is 1. The molecule has 2 aliphatic rings. The number of para-hydroxylation sites is 2. The molecule has 4 aromatic rings. The van der Waals surface area contributed by atoms with E-state index in [1.165, 1.54) is 23.6 Å². The van der Waals surface area contributed by atoms with Crippen molar-refractivity contribution in [2.45, 2.75) is 51.0 Å². The lowest BCUT2D eigenvalue weighted by Gasteiger charge is -2.33. The van der Waals surface area contributed by atoms with E-state index in [1.807, 2.05) is 34.9 Å². The van der Waals surface area contributed by atoms with Gasteiger partial charge >= 0.3 is 5.69 Å².